The van der Waals surface area contributed by atoms with E-state index in [1.54, 1.807) is 0 Å². The molecule has 2 fully saturated rings. The van der Waals surface area contributed by atoms with Crippen molar-refractivity contribution in [1.82, 2.24) is 24.6 Å². The van der Waals surface area contributed by atoms with E-state index in [0.29, 0.717) is 18.4 Å². The third-order valence-corrected chi connectivity index (χ3v) is 5.86. The number of amides is 1. The van der Waals surface area contributed by atoms with Crippen LogP contribution in [0.25, 0.3) is 11.3 Å². The third kappa shape index (κ3) is 2.77. The number of H-pyrrole nitrogens is 1. The molecule has 0 spiro atoms. The molecule has 1 amide bonds. The summed E-state index contributed by atoms with van der Waals surface area (Å²) in [7, 11) is 0. The minimum absolute atomic E-state index is 0.184. The molecule has 1 saturated heterocycles. The van der Waals surface area contributed by atoms with Gasteiger partial charge in [-0.2, -0.15) is 5.10 Å². The standard InChI is InChI=1S/C19H27N5O/c1-4-24-13(3)18(12(2)22-24)16-10-20-19(21-16)14-9-17(25)23(11-14)15-7-5-6-8-15/h10,14-15H,4-9,11H2,1-3H3,(H,20,21)/t14-/m0/s1. The highest BCUT2D eigenvalue weighted by molar-refractivity contribution is 5.80. The van der Waals surface area contributed by atoms with E-state index in [2.05, 4.69) is 33.8 Å². The van der Waals surface area contributed by atoms with Gasteiger partial charge in [-0.05, 0) is 33.6 Å². The average Bonchev–Trinajstić information content (AvgIpc) is 3.34. The highest BCUT2D eigenvalue weighted by Gasteiger charge is 2.37. The first-order valence-electron chi connectivity index (χ1n) is 9.47. The Kier molecular flexibility index (Phi) is 4.13. The lowest BCUT2D eigenvalue weighted by molar-refractivity contribution is -0.129. The zero-order chi connectivity index (χ0) is 17.6. The number of aryl methyl sites for hydroxylation is 2. The van der Waals surface area contributed by atoms with Crippen molar-refractivity contribution in [2.75, 3.05) is 6.54 Å². The summed E-state index contributed by atoms with van der Waals surface area (Å²) in [5, 5.41) is 4.59. The van der Waals surface area contributed by atoms with Gasteiger partial charge >= 0.3 is 0 Å². The predicted molar refractivity (Wildman–Crippen MR) is 96.3 cm³/mol. The summed E-state index contributed by atoms with van der Waals surface area (Å²) in [6, 6.07) is 0.458. The van der Waals surface area contributed by atoms with Crippen LogP contribution in [0, 0.1) is 13.8 Å². The number of carbonyl (C=O) groups is 1. The average molecular weight is 341 g/mol. The van der Waals surface area contributed by atoms with Crippen LogP contribution < -0.4 is 0 Å². The molecule has 1 N–H and O–H groups in total. The second-order valence-electron chi connectivity index (χ2n) is 7.43. The van der Waals surface area contributed by atoms with E-state index in [1.807, 2.05) is 17.8 Å². The Bertz CT molecular complexity index is 784. The van der Waals surface area contributed by atoms with Crippen molar-refractivity contribution in [2.45, 2.75) is 71.4 Å². The smallest absolute Gasteiger partial charge is 0.223 e. The highest BCUT2D eigenvalue weighted by Crippen LogP contribution is 2.34. The molecule has 0 aromatic carbocycles. The molecule has 0 radical (unpaired) electrons. The van der Waals surface area contributed by atoms with Crippen molar-refractivity contribution in [3.63, 3.8) is 0 Å². The zero-order valence-electron chi connectivity index (χ0n) is 15.4. The molecule has 1 aliphatic carbocycles. The largest absolute Gasteiger partial charge is 0.342 e. The fraction of sp³-hybridized carbons (Fsp3) is 0.632. The zero-order valence-corrected chi connectivity index (χ0v) is 15.4. The molecule has 1 aliphatic heterocycles. The Labute approximate surface area is 148 Å². The van der Waals surface area contributed by atoms with E-state index in [-0.39, 0.29) is 5.92 Å². The number of likely N-dealkylation sites (tertiary alicyclic amines) is 1. The maximum atomic E-state index is 12.4. The van der Waals surface area contributed by atoms with Crippen LogP contribution in [0.2, 0.25) is 0 Å². The molecule has 2 aliphatic rings. The van der Waals surface area contributed by atoms with Crippen molar-refractivity contribution in [3.05, 3.63) is 23.4 Å². The molecule has 0 unspecified atom stereocenters. The fourth-order valence-corrected chi connectivity index (χ4v) is 4.55. The van der Waals surface area contributed by atoms with Crippen molar-refractivity contribution in [1.29, 1.82) is 0 Å². The number of carbonyl (C=O) groups excluding carboxylic acids is 1. The van der Waals surface area contributed by atoms with E-state index in [4.69, 9.17) is 0 Å². The van der Waals surface area contributed by atoms with Gasteiger partial charge in [-0.25, -0.2) is 4.98 Å². The first-order chi connectivity index (χ1) is 12.1. The summed E-state index contributed by atoms with van der Waals surface area (Å²) in [5.41, 5.74) is 4.32. The Balaban J connectivity index is 1.56. The van der Waals surface area contributed by atoms with Gasteiger partial charge in [0, 0.05) is 42.7 Å². The van der Waals surface area contributed by atoms with Gasteiger partial charge in [-0.15, -0.1) is 0 Å². The van der Waals surface area contributed by atoms with Gasteiger partial charge in [0.15, 0.2) is 0 Å². The van der Waals surface area contributed by atoms with Crippen LogP contribution in [0.5, 0.6) is 0 Å². The Morgan fingerprint density at radius 3 is 2.72 bits per heavy atom. The molecule has 1 atom stereocenters. The first kappa shape index (κ1) is 16.4. The molecule has 3 heterocycles. The molecule has 25 heavy (non-hydrogen) atoms. The lowest BCUT2D eigenvalue weighted by Crippen LogP contribution is -2.34. The first-order valence-corrected chi connectivity index (χ1v) is 9.47. The topological polar surface area (TPSA) is 66.8 Å². The summed E-state index contributed by atoms with van der Waals surface area (Å²) >= 11 is 0. The van der Waals surface area contributed by atoms with Gasteiger partial charge in [0.05, 0.1) is 17.6 Å². The monoisotopic (exact) mass is 341 g/mol. The van der Waals surface area contributed by atoms with Crippen LogP contribution in [0.3, 0.4) is 0 Å². The Hall–Kier alpha value is -2.11. The molecule has 1 saturated carbocycles. The molecule has 6 nitrogen and oxygen atoms in total. The second-order valence-corrected chi connectivity index (χ2v) is 7.43. The molecule has 6 heteroatoms. The van der Waals surface area contributed by atoms with Gasteiger partial charge < -0.3 is 9.88 Å². The fourth-order valence-electron chi connectivity index (χ4n) is 4.55. The number of imidazole rings is 1. The van der Waals surface area contributed by atoms with Crippen LogP contribution in [0.1, 0.15) is 62.2 Å². The lowest BCUT2D eigenvalue weighted by atomic mass is 10.1. The maximum absolute atomic E-state index is 12.4. The molecule has 2 aromatic heterocycles. The number of nitrogens with one attached hydrogen (secondary N) is 1. The molecular weight excluding hydrogens is 314 g/mol. The third-order valence-electron chi connectivity index (χ3n) is 5.86. The summed E-state index contributed by atoms with van der Waals surface area (Å²) in [6.07, 6.45) is 7.31. The number of hydrogen-bond donors (Lipinski definition) is 1. The number of rotatable bonds is 4. The normalized spacial score (nSPS) is 21.6. The van der Waals surface area contributed by atoms with Gasteiger partial charge in [0.1, 0.15) is 5.82 Å². The second kappa shape index (κ2) is 6.32. The van der Waals surface area contributed by atoms with Gasteiger partial charge in [0.2, 0.25) is 5.91 Å². The van der Waals surface area contributed by atoms with Crippen LogP contribution in [-0.2, 0) is 11.3 Å². The number of hydrogen-bond acceptors (Lipinski definition) is 3. The maximum Gasteiger partial charge on any atom is 0.223 e. The molecule has 4 rings (SSSR count). The van der Waals surface area contributed by atoms with Crippen molar-refractivity contribution in [2.24, 2.45) is 0 Å². The van der Waals surface area contributed by atoms with E-state index in [1.165, 1.54) is 12.8 Å². The van der Waals surface area contributed by atoms with Crippen LogP contribution >= 0.6 is 0 Å². The number of aromatic amines is 1. The van der Waals surface area contributed by atoms with Gasteiger partial charge in [-0.3, -0.25) is 9.48 Å². The van der Waals surface area contributed by atoms with Crippen LogP contribution in [0.4, 0.5) is 0 Å². The van der Waals surface area contributed by atoms with E-state index in [0.717, 1.165) is 54.4 Å². The quantitative estimate of drug-likeness (QED) is 0.929. The summed E-state index contributed by atoms with van der Waals surface area (Å²) in [6.45, 7) is 7.91. The number of aromatic nitrogens is 4. The SMILES string of the molecule is CCn1nc(C)c(-c2cnc([C@H]3CC(=O)N(C4CCCC4)C3)[nH]2)c1C. The van der Waals surface area contributed by atoms with Crippen molar-refractivity contribution < 1.29 is 4.79 Å². The van der Waals surface area contributed by atoms with Crippen molar-refractivity contribution >= 4 is 5.91 Å². The van der Waals surface area contributed by atoms with Gasteiger partial charge in [0.25, 0.3) is 0 Å². The molecule has 2 aromatic rings. The van der Waals surface area contributed by atoms with E-state index >= 15 is 0 Å². The Morgan fingerprint density at radius 2 is 2.04 bits per heavy atom. The minimum Gasteiger partial charge on any atom is -0.342 e. The van der Waals surface area contributed by atoms with E-state index < -0.39 is 0 Å². The highest BCUT2D eigenvalue weighted by atomic mass is 16.2. The summed E-state index contributed by atoms with van der Waals surface area (Å²) < 4.78 is 2.02. The van der Waals surface area contributed by atoms with Crippen LogP contribution in [0.15, 0.2) is 6.20 Å². The van der Waals surface area contributed by atoms with E-state index in [9.17, 15) is 4.79 Å². The lowest BCUT2D eigenvalue weighted by Gasteiger charge is -2.23. The molecular formula is C19H27N5O. The van der Waals surface area contributed by atoms with Gasteiger partial charge in [-0.1, -0.05) is 12.8 Å². The number of nitrogens with zero attached hydrogens (tertiary/aromatic N) is 4. The minimum atomic E-state index is 0.184. The van der Waals surface area contributed by atoms with Crippen LogP contribution in [-0.4, -0.2) is 43.1 Å². The summed E-state index contributed by atoms with van der Waals surface area (Å²) in [4.78, 5) is 22.6. The van der Waals surface area contributed by atoms with Crippen molar-refractivity contribution in [3.8, 4) is 11.3 Å². The molecule has 0 bridgehead atoms. The predicted octanol–water partition coefficient (Wildman–Crippen LogP) is 3.17. The molecule has 134 valence electrons. The summed E-state index contributed by atoms with van der Waals surface area (Å²) in [5.74, 6) is 1.41. The Morgan fingerprint density at radius 1 is 1.28 bits per heavy atom.